The molecule has 5 aliphatic rings. The fourth-order valence-corrected chi connectivity index (χ4v) is 7.37. The Labute approximate surface area is 178 Å². The van der Waals surface area contributed by atoms with E-state index in [1.54, 1.807) is 6.07 Å². The van der Waals surface area contributed by atoms with Crippen molar-refractivity contribution < 1.29 is 9.72 Å². The second kappa shape index (κ2) is 7.54. The van der Waals surface area contributed by atoms with Gasteiger partial charge in [-0.05, 0) is 93.9 Å². The number of nitrogens with zero attached hydrogens (tertiary/aromatic N) is 2. The molecule has 1 saturated heterocycles. The minimum absolute atomic E-state index is 0.0108. The molecule has 162 valence electrons. The number of hydrogen-bond donors (Lipinski definition) is 1. The van der Waals surface area contributed by atoms with Gasteiger partial charge in [-0.1, -0.05) is 0 Å². The number of amides is 1. The molecule has 1 amide bonds. The van der Waals surface area contributed by atoms with Crippen LogP contribution in [0.3, 0.4) is 0 Å². The molecule has 0 spiro atoms. The SMILES string of the molecule is C[C@@H](NC(=O)c1cc([N+](=O)[O-])ccc1N1CCCCC1)C12CC3CC(CC(C3)C1)C2. The van der Waals surface area contributed by atoms with E-state index in [1.807, 2.05) is 0 Å². The van der Waals surface area contributed by atoms with Crippen LogP contribution < -0.4 is 10.2 Å². The van der Waals surface area contributed by atoms with Crippen molar-refractivity contribution in [2.45, 2.75) is 70.8 Å². The maximum absolute atomic E-state index is 13.4. The average molecular weight is 412 g/mol. The summed E-state index contributed by atoms with van der Waals surface area (Å²) in [6.07, 6.45) is 11.2. The average Bonchev–Trinajstić information content (AvgIpc) is 2.73. The number of piperidine rings is 1. The highest BCUT2D eigenvalue weighted by Gasteiger charge is 2.53. The van der Waals surface area contributed by atoms with Crippen molar-refractivity contribution >= 4 is 17.3 Å². The van der Waals surface area contributed by atoms with E-state index in [9.17, 15) is 14.9 Å². The zero-order valence-electron chi connectivity index (χ0n) is 17.9. The van der Waals surface area contributed by atoms with Crippen molar-refractivity contribution in [1.82, 2.24) is 5.32 Å². The largest absolute Gasteiger partial charge is 0.371 e. The van der Waals surface area contributed by atoms with Crippen LogP contribution in [0.1, 0.15) is 75.1 Å². The number of hydrogen-bond acceptors (Lipinski definition) is 4. The molecular weight excluding hydrogens is 378 g/mol. The van der Waals surface area contributed by atoms with Gasteiger partial charge in [0.05, 0.1) is 16.2 Å². The van der Waals surface area contributed by atoms with Gasteiger partial charge in [-0.25, -0.2) is 0 Å². The summed E-state index contributed by atoms with van der Waals surface area (Å²) >= 11 is 0. The maximum atomic E-state index is 13.4. The summed E-state index contributed by atoms with van der Waals surface area (Å²) in [6.45, 7) is 3.98. The standard InChI is InChI=1S/C24H33N3O3/c1-16(24-13-17-9-18(14-24)11-19(10-17)15-24)25-23(28)21-12-20(27(29)30)5-6-22(21)26-7-3-2-4-8-26/h5-6,12,16-19H,2-4,7-11,13-15H2,1H3,(H,25,28)/t16-,17?,18?,19?,24?/m1/s1. The van der Waals surface area contributed by atoms with Crippen LogP contribution in [0.2, 0.25) is 0 Å². The molecule has 1 heterocycles. The van der Waals surface area contributed by atoms with Gasteiger partial charge in [0, 0.05) is 31.3 Å². The van der Waals surface area contributed by atoms with Gasteiger partial charge in [0.2, 0.25) is 0 Å². The van der Waals surface area contributed by atoms with E-state index in [0.717, 1.165) is 49.4 Å². The van der Waals surface area contributed by atoms with Gasteiger partial charge in [-0.2, -0.15) is 0 Å². The Hall–Kier alpha value is -2.11. The van der Waals surface area contributed by atoms with E-state index in [2.05, 4.69) is 17.1 Å². The summed E-state index contributed by atoms with van der Waals surface area (Å²) in [5, 5.41) is 14.7. The molecule has 1 aromatic rings. The molecule has 4 bridgehead atoms. The summed E-state index contributed by atoms with van der Waals surface area (Å²) in [6, 6.07) is 4.88. The van der Waals surface area contributed by atoms with Crippen LogP contribution in [-0.2, 0) is 0 Å². The second-order valence-corrected chi connectivity index (χ2v) is 10.5. The zero-order valence-corrected chi connectivity index (χ0v) is 17.9. The molecule has 6 rings (SSSR count). The summed E-state index contributed by atoms with van der Waals surface area (Å²) in [4.78, 5) is 26.6. The molecule has 4 aliphatic carbocycles. The highest BCUT2D eigenvalue weighted by molar-refractivity contribution is 6.00. The number of anilines is 1. The smallest absolute Gasteiger partial charge is 0.270 e. The van der Waals surface area contributed by atoms with Gasteiger partial charge in [0.25, 0.3) is 11.6 Å². The fraction of sp³-hybridized carbons (Fsp3) is 0.708. The molecule has 1 aromatic carbocycles. The minimum atomic E-state index is -0.403. The summed E-state index contributed by atoms with van der Waals surface area (Å²) in [7, 11) is 0. The van der Waals surface area contributed by atoms with Crippen LogP contribution in [-0.4, -0.2) is 30.0 Å². The van der Waals surface area contributed by atoms with Crippen LogP contribution in [0.15, 0.2) is 18.2 Å². The van der Waals surface area contributed by atoms with Gasteiger partial charge in [-0.15, -0.1) is 0 Å². The van der Waals surface area contributed by atoms with Crippen molar-refractivity contribution in [2.24, 2.45) is 23.2 Å². The highest BCUT2D eigenvalue weighted by atomic mass is 16.6. The Morgan fingerprint density at radius 2 is 1.70 bits per heavy atom. The van der Waals surface area contributed by atoms with E-state index in [1.165, 1.54) is 57.1 Å². The predicted molar refractivity (Wildman–Crippen MR) is 117 cm³/mol. The molecule has 30 heavy (non-hydrogen) atoms. The fourth-order valence-electron chi connectivity index (χ4n) is 7.37. The lowest BCUT2D eigenvalue weighted by Crippen LogP contribution is -2.55. The first kappa shape index (κ1) is 19.8. The van der Waals surface area contributed by atoms with E-state index < -0.39 is 4.92 Å². The number of nitro groups is 1. The number of carbonyl (C=O) groups is 1. The molecule has 1 N–H and O–H groups in total. The van der Waals surface area contributed by atoms with Gasteiger partial charge in [-0.3, -0.25) is 14.9 Å². The van der Waals surface area contributed by atoms with Gasteiger partial charge in [0.15, 0.2) is 0 Å². The normalized spacial score (nSPS) is 33.4. The zero-order chi connectivity index (χ0) is 20.9. The van der Waals surface area contributed by atoms with Crippen LogP contribution in [0, 0.1) is 33.3 Å². The molecule has 0 aromatic heterocycles. The van der Waals surface area contributed by atoms with Crippen molar-refractivity contribution in [3.05, 3.63) is 33.9 Å². The third-order valence-electron chi connectivity index (χ3n) is 8.48. The first-order chi connectivity index (χ1) is 14.4. The number of nitrogens with one attached hydrogen (secondary N) is 1. The molecule has 4 saturated carbocycles. The summed E-state index contributed by atoms with van der Waals surface area (Å²) in [5.74, 6) is 2.34. The quantitative estimate of drug-likeness (QED) is 0.551. The van der Waals surface area contributed by atoms with E-state index in [4.69, 9.17) is 0 Å². The Bertz CT molecular complexity index is 811. The highest BCUT2D eigenvalue weighted by Crippen LogP contribution is 2.61. The van der Waals surface area contributed by atoms with Crippen LogP contribution in [0.4, 0.5) is 11.4 Å². The molecular formula is C24H33N3O3. The molecule has 0 radical (unpaired) electrons. The Kier molecular flexibility index (Phi) is 4.98. The number of non-ortho nitro benzene ring substituents is 1. The topological polar surface area (TPSA) is 75.5 Å². The number of rotatable bonds is 5. The maximum Gasteiger partial charge on any atom is 0.270 e. The van der Waals surface area contributed by atoms with Gasteiger partial charge in [0.1, 0.15) is 0 Å². The van der Waals surface area contributed by atoms with Crippen molar-refractivity contribution in [2.75, 3.05) is 18.0 Å². The Morgan fingerprint density at radius 1 is 1.10 bits per heavy atom. The minimum Gasteiger partial charge on any atom is -0.371 e. The van der Waals surface area contributed by atoms with E-state index in [-0.39, 0.29) is 23.1 Å². The number of carbonyl (C=O) groups excluding carboxylic acids is 1. The lowest BCUT2D eigenvalue weighted by molar-refractivity contribution is -0.384. The summed E-state index contributed by atoms with van der Waals surface area (Å²) < 4.78 is 0. The van der Waals surface area contributed by atoms with Crippen LogP contribution in [0.5, 0.6) is 0 Å². The third-order valence-corrected chi connectivity index (χ3v) is 8.48. The van der Waals surface area contributed by atoms with Crippen molar-refractivity contribution in [3.8, 4) is 0 Å². The number of benzene rings is 1. The lowest BCUT2D eigenvalue weighted by Gasteiger charge is -2.59. The van der Waals surface area contributed by atoms with Crippen molar-refractivity contribution in [3.63, 3.8) is 0 Å². The Balaban J connectivity index is 1.39. The lowest BCUT2D eigenvalue weighted by atomic mass is 9.48. The van der Waals surface area contributed by atoms with Gasteiger partial charge < -0.3 is 10.2 Å². The first-order valence-corrected chi connectivity index (χ1v) is 11.8. The van der Waals surface area contributed by atoms with Crippen LogP contribution >= 0.6 is 0 Å². The summed E-state index contributed by atoms with van der Waals surface area (Å²) in [5.41, 5.74) is 1.51. The monoisotopic (exact) mass is 411 g/mol. The molecule has 1 atom stereocenters. The Morgan fingerprint density at radius 3 is 2.27 bits per heavy atom. The second-order valence-electron chi connectivity index (χ2n) is 10.5. The first-order valence-electron chi connectivity index (χ1n) is 11.8. The molecule has 0 unspecified atom stereocenters. The number of nitro benzene ring substituents is 1. The van der Waals surface area contributed by atoms with Crippen molar-refractivity contribution in [1.29, 1.82) is 0 Å². The predicted octanol–water partition coefficient (Wildman–Crippen LogP) is 4.92. The van der Waals surface area contributed by atoms with Crippen LogP contribution in [0.25, 0.3) is 0 Å². The molecule has 1 aliphatic heterocycles. The van der Waals surface area contributed by atoms with Gasteiger partial charge >= 0.3 is 0 Å². The molecule has 6 nitrogen and oxygen atoms in total. The van der Waals surface area contributed by atoms with E-state index in [0.29, 0.717) is 5.56 Å². The van der Waals surface area contributed by atoms with E-state index >= 15 is 0 Å². The third kappa shape index (κ3) is 3.48. The molecule has 6 heteroatoms. The molecule has 5 fully saturated rings.